The minimum atomic E-state index is -0.858. The lowest BCUT2D eigenvalue weighted by molar-refractivity contribution is -0.164. The highest BCUT2D eigenvalue weighted by atomic mass is 19.1. The summed E-state index contributed by atoms with van der Waals surface area (Å²) < 4.78 is 30.2. The summed E-state index contributed by atoms with van der Waals surface area (Å²) in [6.07, 6.45) is 6.08. The predicted molar refractivity (Wildman–Crippen MR) is 130 cm³/mol. The number of rotatable bonds is 10. The molecule has 0 unspecified atom stereocenters. The molecule has 1 aromatic heterocycles. The van der Waals surface area contributed by atoms with Gasteiger partial charge in [0.1, 0.15) is 11.3 Å². The fourth-order valence-electron chi connectivity index (χ4n) is 5.18. The lowest BCUT2D eigenvalue weighted by atomic mass is 9.85. The Morgan fingerprint density at radius 1 is 1.17 bits per heavy atom. The van der Waals surface area contributed by atoms with E-state index in [2.05, 4.69) is 4.98 Å². The van der Waals surface area contributed by atoms with Crippen LogP contribution in [0.5, 0.6) is 0 Å². The number of halogens is 1. The van der Waals surface area contributed by atoms with Gasteiger partial charge in [0.2, 0.25) is 5.78 Å². The second kappa shape index (κ2) is 12.4. The Kier molecular flexibility index (Phi) is 9.07. The van der Waals surface area contributed by atoms with E-state index in [4.69, 9.17) is 13.9 Å². The van der Waals surface area contributed by atoms with Crippen molar-refractivity contribution in [2.24, 2.45) is 11.8 Å². The highest BCUT2D eigenvalue weighted by Gasteiger charge is 2.34. The molecule has 0 spiro atoms. The van der Waals surface area contributed by atoms with Gasteiger partial charge in [0, 0.05) is 25.1 Å². The number of morpholine rings is 1. The predicted octanol–water partition coefficient (Wildman–Crippen LogP) is 4.70. The molecule has 1 aliphatic carbocycles. The van der Waals surface area contributed by atoms with Gasteiger partial charge in [0.05, 0.1) is 19.6 Å². The van der Waals surface area contributed by atoms with Gasteiger partial charge in [-0.15, -0.1) is 0 Å². The van der Waals surface area contributed by atoms with Crippen LogP contribution in [-0.2, 0) is 19.1 Å². The van der Waals surface area contributed by atoms with E-state index in [1.807, 2.05) is 6.92 Å². The van der Waals surface area contributed by atoms with E-state index in [-0.39, 0.29) is 23.7 Å². The zero-order chi connectivity index (χ0) is 25.5. The standard InChI is InChI=1S/C27H35FN2O6/c1-2-6-19(25(32)26-29-21-17-20(28)9-10-22(21)36-26)16-24(31)35-23(15-18-7-4-3-5-8-18)27(33)30-11-13-34-14-12-30/h9-10,17-19,23H,2-8,11-16H2,1H3/t19-,23+/m1/s1. The second-order valence-electron chi connectivity index (χ2n) is 9.84. The van der Waals surface area contributed by atoms with Gasteiger partial charge in [-0.05, 0) is 30.9 Å². The lowest BCUT2D eigenvalue weighted by Gasteiger charge is -2.32. The van der Waals surface area contributed by atoms with Crippen molar-refractivity contribution in [3.63, 3.8) is 0 Å². The van der Waals surface area contributed by atoms with Crippen molar-refractivity contribution in [3.8, 4) is 0 Å². The number of hydrogen-bond donors (Lipinski definition) is 0. The summed E-state index contributed by atoms with van der Waals surface area (Å²) in [5.74, 6) is -2.16. The smallest absolute Gasteiger partial charge is 0.307 e. The summed E-state index contributed by atoms with van der Waals surface area (Å²) in [4.78, 5) is 45.3. The fourth-order valence-corrected chi connectivity index (χ4v) is 5.18. The van der Waals surface area contributed by atoms with Gasteiger partial charge in [-0.3, -0.25) is 14.4 Å². The summed E-state index contributed by atoms with van der Waals surface area (Å²) in [6.45, 7) is 3.81. The number of esters is 1. The Labute approximate surface area is 210 Å². The van der Waals surface area contributed by atoms with E-state index in [1.165, 1.54) is 24.6 Å². The van der Waals surface area contributed by atoms with Crippen LogP contribution in [0.15, 0.2) is 22.6 Å². The maximum absolute atomic E-state index is 13.5. The first-order valence-corrected chi connectivity index (χ1v) is 13.1. The molecule has 196 valence electrons. The van der Waals surface area contributed by atoms with Crippen molar-refractivity contribution < 1.29 is 32.7 Å². The minimum Gasteiger partial charge on any atom is -0.452 e. The van der Waals surface area contributed by atoms with Crippen LogP contribution in [0, 0.1) is 17.7 Å². The number of carbonyl (C=O) groups is 3. The van der Waals surface area contributed by atoms with E-state index < -0.39 is 29.6 Å². The number of fused-ring (bicyclic) bond motifs is 1. The normalized spacial score (nSPS) is 18.7. The molecule has 2 atom stereocenters. The molecular weight excluding hydrogens is 467 g/mol. The number of hydrogen-bond acceptors (Lipinski definition) is 7. The summed E-state index contributed by atoms with van der Waals surface area (Å²) in [6, 6.07) is 3.86. The van der Waals surface area contributed by atoms with E-state index in [1.54, 1.807) is 4.90 Å². The molecule has 8 nitrogen and oxygen atoms in total. The van der Waals surface area contributed by atoms with Crippen molar-refractivity contribution in [2.75, 3.05) is 26.3 Å². The minimum absolute atomic E-state index is 0.148. The largest absolute Gasteiger partial charge is 0.452 e. The number of nitrogens with zero attached hydrogens (tertiary/aromatic N) is 2. The van der Waals surface area contributed by atoms with Crippen molar-refractivity contribution in [3.05, 3.63) is 29.9 Å². The van der Waals surface area contributed by atoms with E-state index in [9.17, 15) is 18.8 Å². The molecule has 2 fully saturated rings. The quantitative estimate of drug-likeness (QED) is 0.343. The maximum Gasteiger partial charge on any atom is 0.307 e. The topological polar surface area (TPSA) is 98.9 Å². The third-order valence-electron chi connectivity index (χ3n) is 7.13. The summed E-state index contributed by atoms with van der Waals surface area (Å²) in [5, 5.41) is 0. The van der Waals surface area contributed by atoms with E-state index >= 15 is 0 Å². The number of aromatic nitrogens is 1. The molecule has 0 bridgehead atoms. The Bertz CT molecular complexity index is 1060. The van der Waals surface area contributed by atoms with Gasteiger partial charge >= 0.3 is 5.97 Å². The molecule has 2 heterocycles. The van der Waals surface area contributed by atoms with Gasteiger partial charge in [0.15, 0.2) is 11.7 Å². The Morgan fingerprint density at radius 2 is 1.92 bits per heavy atom. The molecule has 1 amide bonds. The third-order valence-corrected chi connectivity index (χ3v) is 7.13. The third kappa shape index (κ3) is 6.69. The molecule has 2 aliphatic rings. The van der Waals surface area contributed by atoms with Crippen molar-refractivity contribution in [2.45, 2.75) is 70.8 Å². The Morgan fingerprint density at radius 3 is 2.64 bits per heavy atom. The van der Waals surface area contributed by atoms with Gasteiger partial charge < -0.3 is 18.8 Å². The maximum atomic E-state index is 13.5. The Hall–Kier alpha value is -2.81. The molecule has 1 saturated carbocycles. The number of ether oxygens (including phenoxy) is 2. The number of oxazole rings is 1. The first-order valence-electron chi connectivity index (χ1n) is 13.1. The van der Waals surface area contributed by atoms with E-state index in [0.29, 0.717) is 57.1 Å². The van der Waals surface area contributed by atoms with Gasteiger partial charge in [-0.25, -0.2) is 9.37 Å². The first kappa shape index (κ1) is 26.3. The van der Waals surface area contributed by atoms with Crippen LogP contribution in [-0.4, -0.2) is 60.0 Å². The molecule has 4 rings (SSSR count). The van der Waals surface area contributed by atoms with Crippen LogP contribution in [0.3, 0.4) is 0 Å². The van der Waals surface area contributed by atoms with Crippen LogP contribution >= 0.6 is 0 Å². The van der Waals surface area contributed by atoms with Gasteiger partial charge in [-0.2, -0.15) is 0 Å². The number of Topliss-reactive ketones (excluding diaryl/α,β-unsaturated/α-hetero) is 1. The molecule has 1 aliphatic heterocycles. The summed E-state index contributed by atoms with van der Waals surface area (Å²) in [5.41, 5.74) is 0.557. The lowest BCUT2D eigenvalue weighted by Crippen LogP contribution is -2.47. The zero-order valence-electron chi connectivity index (χ0n) is 20.9. The molecule has 2 aromatic rings. The highest BCUT2D eigenvalue weighted by molar-refractivity contribution is 5.97. The van der Waals surface area contributed by atoms with Crippen LogP contribution in [0.2, 0.25) is 0 Å². The molecule has 1 aromatic carbocycles. The Balaban J connectivity index is 1.45. The fraction of sp³-hybridized carbons (Fsp3) is 0.630. The average molecular weight is 503 g/mol. The molecule has 36 heavy (non-hydrogen) atoms. The molecule has 1 saturated heterocycles. The number of carbonyl (C=O) groups excluding carboxylic acids is 3. The first-order chi connectivity index (χ1) is 17.4. The number of benzene rings is 1. The van der Waals surface area contributed by atoms with Crippen molar-refractivity contribution in [1.82, 2.24) is 9.88 Å². The van der Waals surface area contributed by atoms with Gasteiger partial charge in [-0.1, -0.05) is 45.4 Å². The number of amides is 1. The zero-order valence-corrected chi connectivity index (χ0v) is 20.9. The highest BCUT2D eigenvalue weighted by Crippen LogP contribution is 2.29. The summed E-state index contributed by atoms with van der Waals surface area (Å²) in [7, 11) is 0. The molecule has 0 N–H and O–H groups in total. The SMILES string of the molecule is CCC[C@H](CC(=O)O[C@@H](CC1CCCCC1)C(=O)N1CCOCC1)C(=O)c1nc2cc(F)ccc2o1. The molecule has 9 heteroatoms. The average Bonchev–Trinajstić information content (AvgIpc) is 3.31. The monoisotopic (exact) mass is 502 g/mol. The summed E-state index contributed by atoms with van der Waals surface area (Å²) >= 11 is 0. The van der Waals surface area contributed by atoms with Crippen LogP contribution in [0.1, 0.15) is 75.4 Å². The van der Waals surface area contributed by atoms with Gasteiger partial charge in [0.25, 0.3) is 11.8 Å². The van der Waals surface area contributed by atoms with Crippen LogP contribution in [0.25, 0.3) is 11.1 Å². The van der Waals surface area contributed by atoms with Crippen molar-refractivity contribution in [1.29, 1.82) is 0 Å². The molecule has 0 radical (unpaired) electrons. The van der Waals surface area contributed by atoms with Crippen LogP contribution in [0.4, 0.5) is 4.39 Å². The van der Waals surface area contributed by atoms with Crippen LogP contribution < -0.4 is 0 Å². The second-order valence-corrected chi connectivity index (χ2v) is 9.84. The van der Waals surface area contributed by atoms with E-state index in [0.717, 1.165) is 25.7 Å². The van der Waals surface area contributed by atoms with Crippen molar-refractivity contribution >= 4 is 28.8 Å². The number of ketones is 1. The molecular formula is C27H35FN2O6.